The Labute approximate surface area is 112 Å². The number of piperazine rings is 1. The molecule has 0 aromatic heterocycles. The Bertz CT molecular complexity index is 431. The first-order valence-corrected chi connectivity index (χ1v) is 6.71. The van der Waals surface area contributed by atoms with Crippen LogP contribution in [0.5, 0.6) is 0 Å². The minimum Gasteiger partial charge on any atom is -0.391 e. The maximum atomic E-state index is 11.0. The van der Waals surface area contributed by atoms with Gasteiger partial charge in [0.25, 0.3) is 5.69 Å². The van der Waals surface area contributed by atoms with Crippen LogP contribution in [0.15, 0.2) is 24.3 Å². The van der Waals surface area contributed by atoms with Gasteiger partial charge in [-0.3, -0.25) is 10.1 Å². The van der Waals surface area contributed by atoms with Gasteiger partial charge in [-0.25, -0.2) is 0 Å². The molecule has 0 aliphatic carbocycles. The lowest BCUT2D eigenvalue weighted by molar-refractivity contribution is -1.02. The first-order valence-electron chi connectivity index (χ1n) is 6.71. The van der Waals surface area contributed by atoms with Crippen LogP contribution < -0.4 is 9.80 Å². The molecule has 0 saturated carbocycles. The summed E-state index contributed by atoms with van der Waals surface area (Å²) in [4.78, 5) is 13.5. The normalized spacial score (nSPS) is 23.2. The molecule has 1 heterocycles. The number of nitrogens with zero attached hydrogens (tertiary/aromatic N) is 1. The van der Waals surface area contributed by atoms with E-state index in [0.29, 0.717) is 6.54 Å². The summed E-state index contributed by atoms with van der Waals surface area (Å²) in [6.45, 7) is 5.80. The highest BCUT2D eigenvalue weighted by atomic mass is 16.6. The average molecular weight is 267 g/mol. The molecule has 19 heavy (non-hydrogen) atoms. The summed E-state index contributed by atoms with van der Waals surface area (Å²) < 4.78 is 0. The van der Waals surface area contributed by atoms with Crippen molar-refractivity contribution in [3.8, 4) is 0 Å². The fourth-order valence-electron chi connectivity index (χ4n) is 2.65. The maximum Gasteiger partial charge on any atom is 0.278 e. The topological polar surface area (TPSA) is 72.2 Å². The van der Waals surface area contributed by atoms with Gasteiger partial charge < -0.3 is 14.9 Å². The molecule has 0 amide bonds. The van der Waals surface area contributed by atoms with Crippen LogP contribution >= 0.6 is 0 Å². The van der Waals surface area contributed by atoms with Crippen molar-refractivity contribution in [1.29, 1.82) is 0 Å². The number of hydrogen-bond acceptors (Lipinski definition) is 3. The number of para-hydroxylation sites is 1. The monoisotopic (exact) mass is 267 g/mol. The minimum atomic E-state index is -0.304. The van der Waals surface area contributed by atoms with Crippen LogP contribution in [-0.4, -0.2) is 49.4 Å². The number of aliphatic hydroxyl groups excluding tert-OH is 1. The number of nitrogens with one attached hydrogen (secondary N) is 2. The Morgan fingerprint density at radius 2 is 1.79 bits per heavy atom. The van der Waals surface area contributed by atoms with Crippen LogP contribution in [0.4, 0.5) is 5.69 Å². The van der Waals surface area contributed by atoms with Gasteiger partial charge in [0.1, 0.15) is 39.3 Å². The van der Waals surface area contributed by atoms with Crippen molar-refractivity contribution in [2.75, 3.05) is 39.3 Å². The molecule has 1 aliphatic rings. The fourth-order valence-corrected chi connectivity index (χ4v) is 2.65. The van der Waals surface area contributed by atoms with Crippen molar-refractivity contribution in [1.82, 2.24) is 0 Å². The third-order valence-electron chi connectivity index (χ3n) is 3.76. The summed E-state index contributed by atoms with van der Waals surface area (Å²) in [7, 11) is 0. The lowest BCUT2D eigenvalue weighted by Crippen LogP contribution is -3.27. The number of aliphatic hydroxyl groups is 1. The number of nitro benzene ring substituents is 1. The highest BCUT2D eigenvalue weighted by Gasteiger charge is 2.24. The summed E-state index contributed by atoms with van der Waals surface area (Å²) in [6.07, 6.45) is 0. The Kier molecular flexibility index (Phi) is 4.84. The van der Waals surface area contributed by atoms with Crippen LogP contribution in [0.25, 0.3) is 0 Å². The van der Waals surface area contributed by atoms with Crippen LogP contribution in [-0.2, 0) is 6.54 Å². The number of nitro groups is 1. The minimum absolute atomic E-state index is 0.222. The highest BCUT2D eigenvalue weighted by molar-refractivity contribution is 5.38. The average Bonchev–Trinajstić information content (AvgIpc) is 2.42. The highest BCUT2D eigenvalue weighted by Crippen LogP contribution is 2.16. The summed E-state index contributed by atoms with van der Waals surface area (Å²) in [6, 6.07) is 6.98. The Morgan fingerprint density at radius 1 is 1.16 bits per heavy atom. The van der Waals surface area contributed by atoms with E-state index in [1.807, 2.05) is 12.1 Å². The zero-order chi connectivity index (χ0) is 13.7. The number of rotatable bonds is 5. The van der Waals surface area contributed by atoms with Crippen LogP contribution in [0.1, 0.15) is 5.56 Å². The summed E-state index contributed by atoms with van der Waals surface area (Å²) in [5.41, 5.74) is 1.04. The van der Waals surface area contributed by atoms with Gasteiger partial charge in [-0.1, -0.05) is 12.1 Å². The lowest BCUT2D eigenvalue weighted by atomic mass is 10.1. The molecule has 1 aromatic carbocycles. The molecule has 2 rings (SSSR count). The maximum absolute atomic E-state index is 11.0. The van der Waals surface area contributed by atoms with Crippen LogP contribution in [0.3, 0.4) is 0 Å². The molecule has 1 aromatic rings. The molecule has 0 unspecified atom stereocenters. The second-order valence-electron chi connectivity index (χ2n) is 5.04. The van der Waals surface area contributed by atoms with Crippen LogP contribution in [0, 0.1) is 10.1 Å². The second kappa shape index (κ2) is 6.60. The third kappa shape index (κ3) is 3.73. The molecule has 6 nitrogen and oxygen atoms in total. The second-order valence-corrected chi connectivity index (χ2v) is 5.04. The van der Waals surface area contributed by atoms with Crippen molar-refractivity contribution in [2.24, 2.45) is 0 Å². The quantitative estimate of drug-likeness (QED) is 0.421. The van der Waals surface area contributed by atoms with Crippen LogP contribution in [0.2, 0.25) is 0 Å². The summed E-state index contributed by atoms with van der Waals surface area (Å²) in [5.74, 6) is 0. The van der Waals surface area contributed by atoms with Crippen molar-refractivity contribution >= 4 is 5.69 Å². The molecular weight excluding hydrogens is 246 g/mol. The molecule has 6 heteroatoms. The molecule has 1 saturated heterocycles. The van der Waals surface area contributed by atoms with E-state index in [4.69, 9.17) is 5.11 Å². The molecule has 0 spiro atoms. The van der Waals surface area contributed by atoms with Gasteiger partial charge in [0.15, 0.2) is 0 Å². The summed E-state index contributed by atoms with van der Waals surface area (Å²) >= 11 is 0. The largest absolute Gasteiger partial charge is 0.391 e. The Balaban J connectivity index is 1.94. The molecule has 0 atom stereocenters. The smallest absolute Gasteiger partial charge is 0.278 e. The van der Waals surface area contributed by atoms with Crippen molar-refractivity contribution in [3.05, 3.63) is 39.9 Å². The van der Waals surface area contributed by atoms with E-state index in [9.17, 15) is 10.1 Å². The van der Waals surface area contributed by atoms with Gasteiger partial charge in [-0.05, 0) is 6.07 Å². The van der Waals surface area contributed by atoms with E-state index in [1.165, 1.54) is 9.80 Å². The van der Waals surface area contributed by atoms with Gasteiger partial charge in [0.05, 0.1) is 17.1 Å². The Hall–Kier alpha value is -1.50. The third-order valence-corrected chi connectivity index (χ3v) is 3.76. The number of quaternary nitrogens is 2. The van der Waals surface area contributed by atoms with Gasteiger partial charge in [0, 0.05) is 6.07 Å². The van der Waals surface area contributed by atoms with E-state index in [0.717, 1.165) is 38.3 Å². The summed E-state index contributed by atoms with van der Waals surface area (Å²) in [5, 5.41) is 19.9. The van der Waals surface area contributed by atoms with Crippen molar-refractivity contribution in [2.45, 2.75) is 6.54 Å². The first kappa shape index (κ1) is 13.9. The molecule has 3 N–H and O–H groups in total. The van der Waals surface area contributed by atoms with E-state index >= 15 is 0 Å². The zero-order valence-corrected chi connectivity index (χ0v) is 11.0. The predicted octanol–water partition coefficient (Wildman–Crippen LogP) is -2.13. The number of benzene rings is 1. The number of hydrogen-bond donors (Lipinski definition) is 3. The molecule has 104 valence electrons. The molecule has 1 fully saturated rings. The fraction of sp³-hybridized carbons (Fsp3) is 0.538. The van der Waals surface area contributed by atoms with E-state index < -0.39 is 0 Å². The van der Waals surface area contributed by atoms with E-state index in [2.05, 4.69) is 0 Å². The Morgan fingerprint density at radius 3 is 2.42 bits per heavy atom. The van der Waals surface area contributed by atoms with Crippen molar-refractivity contribution in [3.63, 3.8) is 0 Å². The van der Waals surface area contributed by atoms with Gasteiger partial charge in [-0.15, -0.1) is 0 Å². The SMILES string of the molecule is O=[N+]([O-])c1ccccc1C[NH+]1CC[NH+](CCO)CC1. The van der Waals surface area contributed by atoms with E-state index in [-0.39, 0.29) is 17.2 Å². The van der Waals surface area contributed by atoms with Gasteiger partial charge >= 0.3 is 0 Å². The molecular formula is C13H21N3O3+2. The molecule has 0 radical (unpaired) electrons. The van der Waals surface area contributed by atoms with E-state index in [1.54, 1.807) is 12.1 Å². The van der Waals surface area contributed by atoms with Crippen molar-refractivity contribution < 1.29 is 19.8 Å². The van der Waals surface area contributed by atoms with Gasteiger partial charge in [-0.2, -0.15) is 0 Å². The molecule has 0 bridgehead atoms. The lowest BCUT2D eigenvalue weighted by Gasteiger charge is -2.29. The molecule has 1 aliphatic heterocycles. The zero-order valence-electron chi connectivity index (χ0n) is 11.0. The first-order chi connectivity index (χ1) is 9.20. The predicted molar refractivity (Wildman–Crippen MR) is 70.1 cm³/mol. The standard InChI is InChI=1S/C13H19N3O3/c17-10-9-14-5-7-15(8-6-14)11-12-3-1-2-4-13(12)16(18)19/h1-4,17H,5-11H2/p+2. The van der Waals surface area contributed by atoms with Gasteiger partial charge in [0.2, 0.25) is 0 Å².